The van der Waals surface area contributed by atoms with Crippen LogP contribution in [0.2, 0.25) is 0 Å². The molecule has 6 heteroatoms. The fourth-order valence-corrected chi connectivity index (χ4v) is 2.78. The van der Waals surface area contributed by atoms with Crippen molar-refractivity contribution >= 4 is 11.9 Å². The third-order valence-corrected chi connectivity index (χ3v) is 4.15. The van der Waals surface area contributed by atoms with Crippen molar-refractivity contribution in [2.75, 3.05) is 25.0 Å². The second kappa shape index (κ2) is 7.86. The standard InChI is InChI=1S/C18H21FN4O/c19-16-6-4-14(5-7-16)8-9-20-18-21-12-15(13-22-18)17(24)23-10-2-1-3-11-23/h4-7,12-13H,1-3,8-11H2,(H,20,21,22). The van der Waals surface area contributed by atoms with Crippen LogP contribution in [0.1, 0.15) is 35.2 Å². The first kappa shape index (κ1) is 16.4. The van der Waals surface area contributed by atoms with Gasteiger partial charge < -0.3 is 10.2 Å². The molecule has 0 spiro atoms. The summed E-state index contributed by atoms with van der Waals surface area (Å²) in [7, 11) is 0. The summed E-state index contributed by atoms with van der Waals surface area (Å²) >= 11 is 0. The molecule has 1 saturated heterocycles. The number of aromatic nitrogens is 2. The van der Waals surface area contributed by atoms with Gasteiger partial charge in [0.1, 0.15) is 5.82 Å². The zero-order chi connectivity index (χ0) is 16.8. The predicted molar refractivity (Wildman–Crippen MR) is 90.4 cm³/mol. The highest BCUT2D eigenvalue weighted by molar-refractivity contribution is 5.93. The normalized spacial score (nSPS) is 14.5. The van der Waals surface area contributed by atoms with E-state index in [1.165, 1.54) is 18.6 Å². The van der Waals surface area contributed by atoms with Gasteiger partial charge in [-0.25, -0.2) is 14.4 Å². The molecule has 1 amide bonds. The van der Waals surface area contributed by atoms with Crippen LogP contribution in [0.5, 0.6) is 0 Å². The van der Waals surface area contributed by atoms with Gasteiger partial charge in [0.2, 0.25) is 5.95 Å². The predicted octanol–water partition coefficient (Wildman–Crippen LogP) is 2.90. The number of carbonyl (C=O) groups is 1. The number of rotatable bonds is 5. The van der Waals surface area contributed by atoms with Gasteiger partial charge in [0.05, 0.1) is 5.56 Å². The number of carbonyl (C=O) groups excluding carboxylic acids is 1. The van der Waals surface area contributed by atoms with Gasteiger partial charge in [0, 0.05) is 32.0 Å². The summed E-state index contributed by atoms with van der Waals surface area (Å²) in [5.74, 6) is 0.267. The van der Waals surface area contributed by atoms with Crippen molar-refractivity contribution in [2.45, 2.75) is 25.7 Å². The molecular formula is C18H21FN4O. The summed E-state index contributed by atoms with van der Waals surface area (Å²) in [6, 6.07) is 6.43. The van der Waals surface area contributed by atoms with Gasteiger partial charge in [0.25, 0.3) is 5.91 Å². The molecule has 5 nitrogen and oxygen atoms in total. The largest absolute Gasteiger partial charge is 0.354 e. The zero-order valence-electron chi connectivity index (χ0n) is 13.5. The fraction of sp³-hybridized carbons (Fsp3) is 0.389. The molecule has 0 saturated carbocycles. The molecule has 1 aromatic heterocycles. The van der Waals surface area contributed by atoms with E-state index in [2.05, 4.69) is 15.3 Å². The van der Waals surface area contributed by atoms with E-state index in [1.807, 2.05) is 4.90 Å². The highest BCUT2D eigenvalue weighted by Crippen LogP contribution is 2.12. The molecule has 0 radical (unpaired) electrons. The lowest BCUT2D eigenvalue weighted by atomic mass is 10.1. The Morgan fingerprint density at radius 1 is 1.08 bits per heavy atom. The Bertz CT molecular complexity index is 666. The molecule has 1 aliphatic heterocycles. The van der Waals surface area contributed by atoms with E-state index in [0.717, 1.165) is 37.9 Å². The fourth-order valence-electron chi connectivity index (χ4n) is 2.78. The lowest BCUT2D eigenvalue weighted by molar-refractivity contribution is 0.0723. The molecule has 0 atom stereocenters. The summed E-state index contributed by atoms with van der Waals surface area (Å²) in [5, 5.41) is 3.11. The van der Waals surface area contributed by atoms with Gasteiger partial charge in [-0.1, -0.05) is 12.1 Å². The number of nitrogens with one attached hydrogen (secondary N) is 1. The monoisotopic (exact) mass is 328 g/mol. The summed E-state index contributed by atoms with van der Waals surface area (Å²) < 4.78 is 12.8. The quantitative estimate of drug-likeness (QED) is 0.917. The molecule has 0 bridgehead atoms. The number of anilines is 1. The van der Waals surface area contributed by atoms with Gasteiger partial charge in [-0.3, -0.25) is 4.79 Å². The second-order valence-corrected chi connectivity index (χ2v) is 5.95. The number of halogens is 1. The van der Waals surface area contributed by atoms with E-state index in [-0.39, 0.29) is 11.7 Å². The second-order valence-electron chi connectivity index (χ2n) is 5.95. The van der Waals surface area contributed by atoms with Crippen molar-refractivity contribution in [3.05, 3.63) is 53.6 Å². The van der Waals surface area contributed by atoms with Crippen LogP contribution in [-0.4, -0.2) is 40.4 Å². The highest BCUT2D eigenvalue weighted by Gasteiger charge is 2.18. The van der Waals surface area contributed by atoms with Crippen LogP contribution in [0.25, 0.3) is 0 Å². The van der Waals surface area contributed by atoms with Gasteiger partial charge >= 0.3 is 0 Å². The Hall–Kier alpha value is -2.50. The van der Waals surface area contributed by atoms with Crippen molar-refractivity contribution < 1.29 is 9.18 Å². The molecule has 24 heavy (non-hydrogen) atoms. The van der Waals surface area contributed by atoms with E-state index in [9.17, 15) is 9.18 Å². The van der Waals surface area contributed by atoms with Crippen LogP contribution >= 0.6 is 0 Å². The molecule has 1 aliphatic rings. The summed E-state index contributed by atoms with van der Waals surface area (Å²) in [6.45, 7) is 2.28. The van der Waals surface area contributed by atoms with Gasteiger partial charge in [0.15, 0.2) is 0 Å². The maximum absolute atomic E-state index is 12.8. The minimum Gasteiger partial charge on any atom is -0.354 e. The number of benzene rings is 1. The Kier molecular flexibility index (Phi) is 5.36. The number of amides is 1. The average molecular weight is 328 g/mol. The Morgan fingerprint density at radius 3 is 2.42 bits per heavy atom. The van der Waals surface area contributed by atoms with Crippen molar-refractivity contribution in [1.82, 2.24) is 14.9 Å². The number of hydrogen-bond acceptors (Lipinski definition) is 4. The Labute approximate surface area is 140 Å². The van der Waals surface area contributed by atoms with Crippen LogP contribution in [0.15, 0.2) is 36.7 Å². The molecule has 1 aromatic carbocycles. The van der Waals surface area contributed by atoms with Crippen molar-refractivity contribution in [3.8, 4) is 0 Å². The van der Waals surface area contributed by atoms with E-state index >= 15 is 0 Å². The highest BCUT2D eigenvalue weighted by atomic mass is 19.1. The van der Waals surface area contributed by atoms with Crippen LogP contribution in [-0.2, 0) is 6.42 Å². The Balaban J connectivity index is 1.50. The molecule has 126 valence electrons. The maximum atomic E-state index is 12.8. The molecule has 0 unspecified atom stereocenters. The smallest absolute Gasteiger partial charge is 0.256 e. The van der Waals surface area contributed by atoms with E-state index < -0.39 is 0 Å². The molecule has 2 heterocycles. The lowest BCUT2D eigenvalue weighted by Gasteiger charge is -2.26. The number of nitrogens with zero attached hydrogens (tertiary/aromatic N) is 3. The third kappa shape index (κ3) is 4.28. The lowest BCUT2D eigenvalue weighted by Crippen LogP contribution is -2.35. The SMILES string of the molecule is O=C(c1cnc(NCCc2ccc(F)cc2)nc1)N1CCCCC1. The van der Waals surface area contributed by atoms with E-state index in [4.69, 9.17) is 0 Å². The minimum absolute atomic E-state index is 0.00700. The van der Waals surface area contributed by atoms with Crippen molar-refractivity contribution in [1.29, 1.82) is 0 Å². The number of hydrogen-bond donors (Lipinski definition) is 1. The average Bonchev–Trinajstić information content (AvgIpc) is 2.64. The molecule has 1 N–H and O–H groups in total. The summed E-state index contributed by atoms with van der Waals surface area (Å²) in [6.07, 6.45) is 7.22. The molecule has 3 rings (SSSR count). The van der Waals surface area contributed by atoms with Crippen LogP contribution in [0.3, 0.4) is 0 Å². The van der Waals surface area contributed by atoms with Crippen molar-refractivity contribution in [2.24, 2.45) is 0 Å². The van der Waals surface area contributed by atoms with Crippen LogP contribution < -0.4 is 5.32 Å². The zero-order valence-corrected chi connectivity index (χ0v) is 13.5. The van der Waals surface area contributed by atoms with Gasteiger partial charge in [-0.05, 0) is 43.4 Å². The first-order valence-electron chi connectivity index (χ1n) is 8.32. The Morgan fingerprint density at radius 2 is 1.75 bits per heavy atom. The van der Waals surface area contributed by atoms with Crippen molar-refractivity contribution in [3.63, 3.8) is 0 Å². The molecule has 2 aromatic rings. The van der Waals surface area contributed by atoms with E-state index in [1.54, 1.807) is 24.5 Å². The molecule has 1 fully saturated rings. The topological polar surface area (TPSA) is 58.1 Å². The minimum atomic E-state index is -0.232. The van der Waals surface area contributed by atoms with E-state index in [0.29, 0.717) is 18.1 Å². The first-order valence-corrected chi connectivity index (χ1v) is 8.32. The number of likely N-dealkylation sites (tertiary alicyclic amines) is 1. The molecule has 0 aliphatic carbocycles. The van der Waals surface area contributed by atoms with Gasteiger partial charge in [-0.15, -0.1) is 0 Å². The van der Waals surface area contributed by atoms with Gasteiger partial charge in [-0.2, -0.15) is 0 Å². The summed E-state index contributed by atoms with van der Waals surface area (Å²) in [5.41, 5.74) is 1.57. The third-order valence-electron chi connectivity index (χ3n) is 4.15. The maximum Gasteiger partial charge on any atom is 0.256 e. The summed E-state index contributed by atoms with van der Waals surface area (Å²) in [4.78, 5) is 22.6. The van der Waals surface area contributed by atoms with Crippen LogP contribution in [0, 0.1) is 5.82 Å². The molecular weight excluding hydrogens is 307 g/mol. The van der Waals surface area contributed by atoms with Crippen LogP contribution in [0.4, 0.5) is 10.3 Å². The first-order chi connectivity index (χ1) is 11.7. The number of piperidine rings is 1.